The molecule has 5 fully saturated rings. The molecule has 2 aliphatic carbocycles. The summed E-state index contributed by atoms with van der Waals surface area (Å²) in [6, 6.07) is -1.22. The van der Waals surface area contributed by atoms with E-state index in [1.165, 1.54) is 6.92 Å². The summed E-state index contributed by atoms with van der Waals surface area (Å²) in [7, 11) is 0. The van der Waals surface area contributed by atoms with E-state index in [-0.39, 0.29) is 42.5 Å². The van der Waals surface area contributed by atoms with Crippen molar-refractivity contribution < 1.29 is 23.9 Å². The smallest absolute Gasteiger partial charge is 0.307 e. The lowest BCUT2D eigenvalue weighted by molar-refractivity contribution is -0.155. The minimum Gasteiger partial charge on any atom is -0.453 e. The first-order valence-electron chi connectivity index (χ1n) is 12.8. The van der Waals surface area contributed by atoms with E-state index in [0.29, 0.717) is 0 Å². The summed E-state index contributed by atoms with van der Waals surface area (Å²) in [6.45, 7) is 1.53. The largest absolute Gasteiger partial charge is 0.453 e. The Morgan fingerprint density at radius 3 is 1.91 bits per heavy atom. The van der Waals surface area contributed by atoms with Gasteiger partial charge in [0.25, 0.3) is 0 Å². The van der Waals surface area contributed by atoms with Gasteiger partial charge in [-0.25, -0.2) is 0 Å². The maximum Gasteiger partial charge on any atom is 0.307 e. The van der Waals surface area contributed by atoms with Gasteiger partial charge in [0.1, 0.15) is 5.78 Å². The molecule has 4 atom stereocenters. The van der Waals surface area contributed by atoms with Gasteiger partial charge in [-0.05, 0) is 32.6 Å². The van der Waals surface area contributed by atoms with Crippen LogP contribution in [0, 0.1) is 5.92 Å². The topological polar surface area (TPSA) is 84.0 Å². The van der Waals surface area contributed by atoms with Crippen LogP contribution in [0.1, 0.15) is 96.8 Å². The fourth-order valence-electron chi connectivity index (χ4n) is 7.42. The average molecular weight is 445 g/mol. The Morgan fingerprint density at radius 2 is 1.38 bits per heavy atom. The van der Waals surface area contributed by atoms with Gasteiger partial charge in [0.2, 0.25) is 11.8 Å². The second-order valence-electron chi connectivity index (χ2n) is 10.7. The molecule has 3 heterocycles. The van der Waals surface area contributed by atoms with Crippen LogP contribution in [-0.4, -0.2) is 63.1 Å². The molecule has 2 amide bonds. The predicted molar refractivity (Wildman–Crippen MR) is 116 cm³/mol. The summed E-state index contributed by atoms with van der Waals surface area (Å²) in [5.74, 6) is -1.27. The Balaban J connectivity index is 1.58. The summed E-state index contributed by atoms with van der Waals surface area (Å²) in [4.78, 5) is 56.5. The van der Waals surface area contributed by atoms with Crippen LogP contribution in [-0.2, 0) is 23.9 Å². The van der Waals surface area contributed by atoms with Crippen molar-refractivity contribution in [1.29, 1.82) is 0 Å². The molecule has 0 aromatic heterocycles. The van der Waals surface area contributed by atoms with Crippen molar-refractivity contribution in [3.8, 4) is 0 Å². The molecule has 1 spiro atoms. The lowest BCUT2D eigenvalue weighted by Gasteiger charge is -2.38. The van der Waals surface area contributed by atoms with E-state index < -0.39 is 29.6 Å². The van der Waals surface area contributed by atoms with Crippen molar-refractivity contribution in [2.45, 2.75) is 127 Å². The molecule has 3 aliphatic heterocycles. The molecule has 0 unspecified atom stereocenters. The molecule has 0 radical (unpaired) electrons. The van der Waals surface area contributed by atoms with E-state index in [0.717, 1.165) is 77.0 Å². The molecule has 5 rings (SSSR count). The molecule has 176 valence electrons. The van der Waals surface area contributed by atoms with Gasteiger partial charge in [0, 0.05) is 18.5 Å². The van der Waals surface area contributed by atoms with Gasteiger partial charge in [0.05, 0.1) is 18.4 Å². The monoisotopic (exact) mass is 444 g/mol. The third kappa shape index (κ3) is 3.29. The highest BCUT2D eigenvalue weighted by atomic mass is 16.6. The van der Waals surface area contributed by atoms with Crippen LogP contribution < -0.4 is 0 Å². The molecule has 2 saturated carbocycles. The molecule has 0 N–H and O–H groups in total. The van der Waals surface area contributed by atoms with E-state index in [2.05, 4.69) is 0 Å². The van der Waals surface area contributed by atoms with Crippen molar-refractivity contribution in [2.24, 2.45) is 5.92 Å². The van der Waals surface area contributed by atoms with Gasteiger partial charge < -0.3 is 14.5 Å². The summed E-state index contributed by atoms with van der Waals surface area (Å²) in [5.41, 5.74) is -1.20. The predicted octanol–water partition coefficient (Wildman–Crippen LogP) is 3.13. The van der Waals surface area contributed by atoms with Crippen LogP contribution in [0.3, 0.4) is 0 Å². The molecular formula is C25H36N2O5. The molecule has 7 nitrogen and oxygen atoms in total. The standard InChI is InChI=1S/C25H36N2O5/c1-16(28)14-20-25-19(15-21(29)32-25)23(30)27(18-12-8-4-5-9-13-18)22(25)24(31)26(20)17-10-6-2-3-7-11-17/h17-20,22H,2-15H2,1H3/t19-,20+,22+,25-/m1/s1. The number of carbonyl (C=O) groups excluding carboxylic acids is 4. The summed E-state index contributed by atoms with van der Waals surface area (Å²) < 4.78 is 6.04. The summed E-state index contributed by atoms with van der Waals surface area (Å²) >= 11 is 0. The summed E-state index contributed by atoms with van der Waals surface area (Å²) in [5, 5.41) is 0. The van der Waals surface area contributed by atoms with Gasteiger partial charge >= 0.3 is 5.97 Å². The number of likely N-dealkylation sites (tertiary alicyclic amines) is 2. The Kier molecular flexibility index (Phi) is 5.79. The molecule has 5 aliphatic rings. The number of amides is 2. The van der Waals surface area contributed by atoms with Gasteiger partial charge in [-0.15, -0.1) is 0 Å². The Hall–Kier alpha value is -1.92. The zero-order valence-electron chi connectivity index (χ0n) is 19.2. The lowest BCUT2D eigenvalue weighted by atomic mass is 9.79. The molecular weight excluding hydrogens is 408 g/mol. The highest BCUT2D eigenvalue weighted by Crippen LogP contribution is 2.56. The van der Waals surface area contributed by atoms with Gasteiger partial charge in [-0.2, -0.15) is 0 Å². The Bertz CT molecular complexity index is 796. The fraction of sp³-hybridized carbons (Fsp3) is 0.840. The summed E-state index contributed by atoms with van der Waals surface area (Å²) in [6.07, 6.45) is 12.7. The average Bonchev–Trinajstić information content (AvgIpc) is 3.06. The number of ether oxygens (including phenoxy) is 1. The van der Waals surface area contributed by atoms with E-state index >= 15 is 0 Å². The van der Waals surface area contributed by atoms with E-state index in [4.69, 9.17) is 4.74 Å². The lowest BCUT2D eigenvalue weighted by Crippen LogP contribution is -2.54. The van der Waals surface area contributed by atoms with E-state index in [1.54, 1.807) is 0 Å². The quantitative estimate of drug-likeness (QED) is 0.491. The minimum atomic E-state index is -1.20. The van der Waals surface area contributed by atoms with Gasteiger partial charge in [-0.1, -0.05) is 51.4 Å². The van der Waals surface area contributed by atoms with Crippen molar-refractivity contribution in [1.82, 2.24) is 9.80 Å². The number of esters is 1. The SMILES string of the molecule is CC(=O)C[C@@H]1N(C2CCCCCC2)C(=O)[C@@H]2N(C3CCCCCC3)C(=O)[C@H]3CC(=O)O[C@]312. The number of carbonyl (C=O) groups is 4. The van der Waals surface area contributed by atoms with Crippen LogP contribution in [0.5, 0.6) is 0 Å². The van der Waals surface area contributed by atoms with Crippen LogP contribution in [0.2, 0.25) is 0 Å². The normalized spacial score (nSPS) is 36.7. The second kappa shape index (κ2) is 8.45. The highest BCUT2D eigenvalue weighted by Gasteiger charge is 2.77. The third-order valence-electron chi connectivity index (χ3n) is 8.73. The minimum absolute atomic E-state index is 0.0205. The number of nitrogens with zero attached hydrogens (tertiary/aromatic N) is 2. The van der Waals surface area contributed by atoms with Crippen molar-refractivity contribution in [3.05, 3.63) is 0 Å². The molecule has 0 aromatic rings. The number of hydrogen-bond donors (Lipinski definition) is 0. The van der Waals surface area contributed by atoms with Crippen molar-refractivity contribution in [3.63, 3.8) is 0 Å². The number of ketones is 1. The molecule has 0 bridgehead atoms. The Labute approximate surface area is 190 Å². The number of rotatable bonds is 4. The van der Waals surface area contributed by atoms with Crippen LogP contribution >= 0.6 is 0 Å². The first-order valence-corrected chi connectivity index (χ1v) is 12.8. The maximum absolute atomic E-state index is 14.1. The van der Waals surface area contributed by atoms with Gasteiger partial charge in [-0.3, -0.25) is 19.2 Å². The number of Topliss-reactive ketones (excluding diaryl/α,β-unsaturated/α-hetero) is 1. The fourth-order valence-corrected chi connectivity index (χ4v) is 7.42. The van der Waals surface area contributed by atoms with Gasteiger partial charge in [0.15, 0.2) is 11.6 Å². The zero-order chi connectivity index (χ0) is 22.5. The Morgan fingerprint density at radius 1 is 0.844 bits per heavy atom. The molecule has 32 heavy (non-hydrogen) atoms. The molecule has 3 saturated heterocycles. The molecule has 0 aromatic carbocycles. The highest BCUT2D eigenvalue weighted by molar-refractivity contribution is 6.02. The van der Waals surface area contributed by atoms with Crippen LogP contribution in [0.4, 0.5) is 0 Å². The van der Waals surface area contributed by atoms with Crippen LogP contribution in [0.25, 0.3) is 0 Å². The molecule has 7 heteroatoms. The zero-order valence-corrected chi connectivity index (χ0v) is 19.2. The van der Waals surface area contributed by atoms with Crippen molar-refractivity contribution in [2.75, 3.05) is 0 Å². The number of hydrogen-bond acceptors (Lipinski definition) is 5. The van der Waals surface area contributed by atoms with Crippen LogP contribution in [0.15, 0.2) is 0 Å². The van der Waals surface area contributed by atoms with E-state index in [9.17, 15) is 19.2 Å². The first-order chi connectivity index (χ1) is 15.4. The van der Waals surface area contributed by atoms with Crippen molar-refractivity contribution >= 4 is 23.6 Å². The van der Waals surface area contributed by atoms with E-state index in [1.807, 2.05) is 9.80 Å². The first kappa shape index (κ1) is 21.9. The third-order valence-corrected chi connectivity index (χ3v) is 8.73. The second-order valence-corrected chi connectivity index (χ2v) is 10.7. The maximum atomic E-state index is 14.1.